The van der Waals surface area contributed by atoms with Gasteiger partial charge in [0, 0.05) is 0 Å². The molecule has 0 aliphatic rings. The Morgan fingerprint density at radius 2 is 2.12 bits per heavy atom. The molecule has 0 heterocycles. The van der Waals surface area contributed by atoms with E-state index in [1.165, 1.54) is 6.08 Å². The minimum Gasteiger partial charge on any atom is -0.463 e. The van der Waals surface area contributed by atoms with Crippen LogP contribution in [-0.2, 0) is 9.53 Å². The van der Waals surface area contributed by atoms with Gasteiger partial charge >= 0.3 is 5.97 Å². The highest BCUT2D eigenvalue weighted by Crippen LogP contribution is 2.26. The fourth-order valence-corrected chi connectivity index (χ4v) is 1.72. The summed E-state index contributed by atoms with van der Waals surface area (Å²) in [5, 5.41) is 0.438. The van der Waals surface area contributed by atoms with Crippen molar-refractivity contribution in [3.05, 3.63) is 40.6 Å². The molecule has 0 aliphatic heterocycles. The van der Waals surface area contributed by atoms with E-state index in [1.54, 1.807) is 6.92 Å². The number of para-hydroxylation sites is 1. The topological polar surface area (TPSA) is 35.5 Å². The molecule has 3 nitrogen and oxygen atoms in total. The van der Waals surface area contributed by atoms with Gasteiger partial charge in [-0.15, -0.1) is 0 Å². The van der Waals surface area contributed by atoms with Gasteiger partial charge in [-0.25, -0.2) is 4.79 Å². The third-order valence-corrected chi connectivity index (χ3v) is 2.98. The van der Waals surface area contributed by atoms with Crippen LogP contribution in [0.15, 0.2) is 40.6 Å². The van der Waals surface area contributed by atoms with Crippen molar-refractivity contribution in [2.24, 2.45) is 0 Å². The first-order valence-corrected chi connectivity index (χ1v) is 6.94. The lowest BCUT2D eigenvalue weighted by molar-refractivity contribution is -0.137. The molecule has 17 heavy (non-hydrogen) atoms. The van der Waals surface area contributed by atoms with E-state index in [4.69, 9.17) is 9.47 Å². The predicted molar refractivity (Wildman–Crippen MR) is 73.3 cm³/mol. The smallest absolute Gasteiger partial charge is 0.334 e. The number of rotatable bonds is 5. The maximum atomic E-state index is 11.3. The van der Waals surface area contributed by atoms with E-state index in [0.717, 1.165) is 4.47 Å². The molecule has 0 saturated carbocycles. The monoisotopic (exact) mass is 362 g/mol. The van der Waals surface area contributed by atoms with Gasteiger partial charge in [-0.2, -0.15) is 0 Å². The molecule has 0 fully saturated rings. The van der Waals surface area contributed by atoms with Crippen LogP contribution in [0.1, 0.15) is 6.92 Å². The highest BCUT2D eigenvalue weighted by Gasteiger charge is 2.06. The molecule has 0 amide bonds. The molecule has 0 radical (unpaired) electrons. The van der Waals surface area contributed by atoms with Gasteiger partial charge in [0.05, 0.1) is 22.5 Å². The molecule has 0 saturated heterocycles. The van der Waals surface area contributed by atoms with Crippen LogP contribution in [0.2, 0.25) is 0 Å². The average molecular weight is 364 g/mol. The van der Waals surface area contributed by atoms with Gasteiger partial charge in [0.1, 0.15) is 11.5 Å². The van der Waals surface area contributed by atoms with Crippen LogP contribution >= 0.6 is 31.9 Å². The van der Waals surface area contributed by atoms with E-state index in [9.17, 15) is 4.79 Å². The number of benzene rings is 1. The summed E-state index contributed by atoms with van der Waals surface area (Å²) < 4.78 is 11.2. The van der Waals surface area contributed by atoms with E-state index in [-0.39, 0.29) is 0 Å². The molecular weight excluding hydrogens is 352 g/mol. The predicted octanol–water partition coefficient (Wildman–Crippen LogP) is 3.67. The highest BCUT2D eigenvalue weighted by atomic mass is 79.9. The Morgan fingerprint density at radius 3 is 2.71 bits per heavy atom. The Labute approximate surface area is 117 Å². The van der Waals surface area contributed by atoms with Gasteiger partial charge in [-0.05, 0) is 35.0 Å². The van der Waals surface area contributed by atoms with Crippen LogP contribution in [0.4, 0.5) is 0 Å². The third kappa shape index (κ3) is 4.91. The third-order valence-electron chi connectivity index (χ3n) is 1.77. The van der Waals surface area contributed by atoms with E-state index >= 15 is 0 Å². The fourth-order valence-electron chi connectivity index (χ4n) is 1.08. The maximum Gasteiger partial charge on any atom is 0.334 e. The molecule has 5 heteroatoms. The van der Waals surface area contributed by atoms with E-state index in [2.05, 4.69) is 31.9 Å². The molecule has 0 unspecified atom stereocenters. The van der Waals surface area contributed by atoms with Crippen molar-refractivity contribution in [3.63, 3.8) is 0 Å². The maximum absolute atomic E-state index is 11.3. The summed E-state index contributed by atoms with van der Waals surface area (Å²) >= 11 is 6.63. The summed E-state index contributed by atoms with van der Waals surface area (Å²) in [5.41, 5.74) is 0. The first kappa shape index (κ1) is 14.3. The summed E-state index contributed by atoms with van der Waals surface area (Å²) in [5.74, 6) is 0.742. The minimum atomic E-state index is -0.408. The number of esters is 1. The molecule has 0 N–H and O–H groups in total. The lowest BCUT2D eigenvalue weighted by Crippen LogP contribution is -2.05. The lowest BCUT2D eigenvalue weighted by atomic mass is 10.3. The Morgan fingerprint density at radius 1 is 1.41 bits per heavy atom. The second-order valence-electron chi connectivity index (χ2n) is 3.03. The Hall–Kier alpha value is -0.810. The number of allylic oxidation sites excluding steroid dienone is 1. The Bertz CT molecular complexity index is 416. The number of carbonyl (C=O) groups is 1. The molecule has 1 aromatic carbocycles. The van der Waals surface area contributed by atoms with Gasteiger partial charge < -0.3 is 9.47 Å². The second kappa shape index (κ2) is 7.50. The standard InChI is InChI=1S/C12H12Br2O3/c1-2-16-12(15)7-9(8-13)17-11-6-4-3-5-10(11)14/h3-7H,2,8H2,1H3/b9-7-. The molecule has 0 spiro atoms. The van der Waals surface area contributed by atoms with E-state index in [0.29, 0.717) is 23.4 Å². The molecule has 1 rings (SSSR count). The van der Waals surface area contributed by atoms with Crippen molar-refractivity contribution in [3.8, 4) is 5.75 Å². The van der Waals surface area contributed by atoms with Crippen molar-refractivity contribution in [2.45, 2.75) is 6.92 Å². The van der Waals surface area contributed by atoms with Crippen LogP contribution in [0.5, 0.6) is 5.75 Å². The zero-order valence-corrected chi connectivity index (χ0v) is 12.5. The number of hydrogen-bond donors (Lipinski definition) is 0. The summed E-state index contributed by atoms with van der Waals surface area (Å²) in [6.45, 7) is 2.11. The van der Waals surface area contributed by atoms with E-state index < -0.39 is 5.97 Å². The SMILES string of the molecule is CCOC(=O)/C=C(/CBr)Oc1ccccc1Br. The summed E-state index contributed by atoms with van der Waals surface area (Å²) in [7, 11) is 0. The molecule has 0 bridgehead atoms. The normalized spacial score (nSPS) is 11.1. The van der Waals surface area contributed by atoms with Crippen molar-refractivity contribution in [2.75, 3.05) is 11.9 Å². The molecule has 0 aliphatic carbocycles. The van der Waals surface area contributed by atoms with Gasteiger partial charge in [0.25, 0.3) is 0 Å². The summed E-state index contributed by atoms with van der Waals surface area (Å²) in [6, 6.07) is 7.42. The zero-order valence-electron chi connectivity index (χ0n) is 9.28. The van der Waals surface area contributed by atoms with Crippen molar-refractivity contribution in [1.29, 1.82) is 0 Å². The quantitative estimate of drug-likeness (QED) is 0.346. The zero-order chi connectivity index (χ0) is 12.7. The Kier molecular flexibility index (Phi) is 6.29. The number of hydrogen-bond acceptors (Lipinski definition) is 3. The summed E-state index contributed by atoms with van der Waals surface area (Å²) in [4.78, 5) is 11.3. The molecule has 1 aromatic rings. The number of halogens is 2. The minimum absolute atomic E-state index is 0.347. The van der Waals surface area contributed by atoms with Gasteiger partial charge in [0.2, 0.25) is 0 Å². The molecule has 0 atom stereocenters. The van der Waals surface area contributed by atoms with Crippen molar-refractivity contribution < 1.29 is 14.3 Å². The largest absolute Gasteiger partial charge is 0.463 e. The van der Waals surface area contributed by atoms with Crippen LogP contribution in [0, 0.1) is 0 Å². The Balaban J connectivity index is 2.77. The van der Waals surface area contributed by atoms with E-state index in [1.807, 2.05) is 24.3 Å². The van der Waals surface area contributed by atoms with Gasteiger partial charge in [-0.3, -0.25) is 0 Å². The van der Waals surface area contributed by atoms with Crippen LogP contribution in [0.3, 0.4) is 0 Å². The first-order valence-electron chi connectivity index (χ1n) is 5.03. The number of ether oxygens (including phenoxy) is 2. The molecule has 0 aromatic heterocycles. The highest BCUT2D eigenvalue weighted by molar-refractivity contribution is 9.10. The molecule has 92 valence electrons. The average Bonchev–Trinajstić information content (AvgIpc) is 2.31. The fraction of sp³-hybridized carbons (Fsp3) is 0.250. The number of alkyl halides is 1. The van der Waals surface area contributed by atoms with Gasteiger partial charge in [0.15, 0.2) is 0 Å². The van der Waals surface area contributed by atoms with Crippen LogP contribution < -0.4 is 4.74 Å². The second-order valence-corrected chi connectivity index (χ2v) is 4.44. The van der Waals surface area contributed by atoms with Crippen LogP contribution in [-0.4, -0.2) is 17.9 Å². The first-order chi connectivity index (χ1) is 8.17. The summed E-state index contributed by atoms with van der Waals surface area (Å²) in [6.07, 6.45) is 1.33. The molecular formula is C12H12Br2O3. The van der Waals surface area contributed by atoms with Gasteiger partial charge in [-0.1, -0.05) is 28.1 Å². The van der Waals surface area contributed by atoms with Crippen molar-refractivity contribution >= 4 is 37.8 Å². The number of carbonyl (C=O) groups excluding carboxylic acids is 1. The lowest BCUT2D eigenvalue weighted by Gasteiger charge is -2.09. The van der Waals surface area contributed by atoms with Crippen LogP contribution in [0.25, 0.3) is 0 Å². The van der Waals surface area contributed by atoms with Crippen molar-refractivity contribution in [1.82, 2.24) is 0 Å².